The van der Waals surface area contributed by atoms with Gasteiger partial charge in [-0.15, -0.1) is 0 Å². The van der Waals surface area contributed by atoms with E-state index >= 15 is 0 Å². The zero-order valence-corrected chi connectivity index (χ0v) is 7.52. The van der Waals surface area contributed by atoms with Crippen molar-refractivity contribution in [1.82, 2.24) is 5.32 Å². The highest BCUT2D eigenvalue weighted by atomic mass is 16.5. The Labute approximate surface area is 68.1 Å². The van der Waals surface area contributed by atoms with Gasteiger partial charge in [-0.2, -0.15) is 0 Å². The van der Waals surface area contributed by atoms with E-state index in [1.54, 1.807) is 14.2 Å². The fraction of sp³-hybridized carbons (Fsp3) is 0.875. The lowest BCUT2D eigenvalue weighted by molar-refractivity contribution is -0.121. The molecule has 0 radical (unpaired) electrons. The quantitative estimate of drug-likeness (QED) is 0.616. The second kappa shape index (κ2) is 6.31. The van der Waals surface area contributed by atoms with Gasteiger partial charge in [-0.25, -0.2) is 0 Å². The van der Waals surface area contributed by atoms with E-state index in [1.165, 1.54) is 0 Å². The summed E-state index contributed by atoms with van der Waals surface area (Å²) >= 11 is 0. The molecule has 0 amide bonds. The van der Waals surface area contributed by atoms with Crippen LogP contribution in [0.15, 0.2) is 0 Å². The van der Waals surface area contributed by atoms with Crippen LogP contribution in [0.5, 0.6) is 0 Å². The van der Waals surface area contributed by atoms with Crippen molar-refractivity contribution in [3.63, 3.8) is 0 Å². The van der Waals surface area contributed by atoms with Crippen molar-refractivity contribution >= 4 is 5.78 Å². The van der Waals surface area contributed by atoms with Crippen LogP contribution in [-0.4, -0.2) is 32.6 Å². The van der Waals surface area contributed by atoms with Crippen LogP contribution >= 0.6 is 0 Å². The van der Waals surface area contributed by atoms with E-state index in [-0.39, 0.29) is 11.8 Å². The topological polar surface area (TPSA) is 38.3 Å². The number of likely N-dealkylation sites (N-methyl/N-ethyl adjacent to an activating group) is 1. The van der Waals surface area contributed by atoms with Crippen molar-refractivity contribution in [3.8, 4) is 0 Å². The summed E-state index contributed by atoms with van der Waals surface area (Å²) in [6.07, 6.45) is 1.36. The summed E-state index contributed by atoms with van der Waals surface area (Å²) in [6.45, 7) is 2.51. The molecule has 0 heterocycles. The lowest BCUT2D eigenvalue weighted by atomic mass is 10.1. The Balaban J connectivity index is 3.65. The van der Waals surface area contributed by atoms with Gasteiger partial charge in [0, 0.05) is 20.1 Å². The van der Waals surface area contributed by atoms with Crippen molar-refractivity contribution in [3.05, 3.63) is 0 Å². The minimum atomic E-state index is -0.0278. The number of carbonyl (C=O) groups is 1. The van der Waals surface area contributed by atoms with Crippen molar-refractivity contribution in [2.45, 2.75) is 25.8 Å². The van der Waals surface area contributed by atoms with E-state index in [2.05, 4.69) is 5.32 Å². The van der Waals surface area contributed by atoms with Gasteiger partial charge in [-0.1, -0.05) is 6.92 Å². The largest absolute Gasteiger partial charge is 0.385 e. The highest BCUT2D eigenvalue weighted by molar-refractivity contribution is 5.83. The van der Waals surface area contributed by atoms with Crippen molar-refractivity contribution in [2.24, 2.45) is 0 Å². The summed E-state index contributed by atoms with van der Waals surface area (Å²) in [7, 11) is 3.44. The second-order valence-electron chi connectivity index (χ2n) is 2.44. The molecule has 0 saturated heterocycles. The summed E-state index contributed by atoms with van der Waals surface area (Å²) in [5, 5.41) is 2.96. The zero-order chi connectivity index (χ0) is 8.69. The number of hydrogen-bond donors (Lipinski definition) is 1. The Hall–Kier alpha value is -0.410. The van der Waals surface area contributed by atoms with Crippen LogP contribution in [0.2, 0.25) is 0 Å². The van der Waals surface area contributed by atoms with Gasteiger partial charge < -0.3 is 10.1 Å². The van der Waals surface area contributed by atoms with Crippen LogP contribution in [-0.2, 0) is 9.53 Å². The van der Waals surface area contributed by atoms with Gasteiger partial charge in [-0.3, -0.25) is 4.79 Å². The maximum absolute atomic E-state index is 11.1. The molecule has 1 atom stereocenters. The molecule has 0 aromatic carbocycles. The molecule has 0 aliphatic rings. The first kappa shape index (κ1) is 10.6. The molecule has 0 bridgehead atoms. The van der Waals surface area contributed by atoms with Crippen molar-refractivity contribution in [2.75, 3.05) is 20.8 Å². The van der Waals surface area contributed by atoms with Crippen LogP contribution in [0.25, 0.3) is 0 Å². The second-order valence-corrected chi connectivity index (χ2v) is 2.44. The van der Waals surface area contributed by atoms with E-state index in [0.29, 0.717) is 13.0 Å². The number of nitrogens with one attached hydrogen (secondary N) is 1. The molecule has 0 rings (SSSR count). The molecule has 0 aromatic rings. The molecule has 0 aliphatic carbocycles. The average Bonchev–Trinajstić information content (AvgIpc) is 2.05. The normalized spacial score (nSPS) is 13.0. The molecule has 0 spiro atoms. The summed E-state index contributed by atoms with van der Waals surface area (Å²) in [4.78, 5) is 11.1. The third kappa shape index (κ3) is 4.11. The Morgan fingerprint density at radius 1 is 1.64 bits per heavy atom. The molecule has 0 saturated carbocycles. The number of carbonyl (C=O) groups excluding carboxylic acids is 1. The minimum absolute atomic E-state index is 0.0278. The summed E-state index contributed by atoms with van der Waals surface area (Å²) in [6, 6.07) is -0.0278. The monoisotopic (exact) mass is 159 g/mol. The molecule has 11 heavy (non-hydrogen) atoms. The number of Topliss-reactive ketones (excluding diaryl/α,β-unsaturated/α-hetero) is 1. The van der Waals surface area contributed by atoms with Gasteiger partial charge in [0.1, 0.15) is 5.78 Å². The molecule has 3 nitrogen and oxygen atoms in total. The van der Waals surface area contributed by atoms with Crippen LogP contribution in [0.1, 0.15) is 19.8 Å². The Kier molecular flexibility index (Phi) is 6.07. The molecule has 1 N–H and O–H groups in total. The molecular formula is C8H17NO2. The Bertz CT molecular complexity index is 115. The third-order valence-electron chi connectivity index (χ3n) is 1.70. The SMILES string of the molecule is CCC(=O)[C@H](CCOC)NC. The molecule has 3 heteroatoms. The number of rotatable bonds is 6. The smallest absolute Gasteiger partial charge is 0.149 e. The fourth-order valence-corrected chi connectivity index (χ4v) is 0.948. The molecule has 0 unspecified atom stereocenters. The molecule has 66 valence electrons. The molecule has 0 fully saturated rings. The van der Waals surface area contributed by atoms with Gasteiger partial charge in [0.25, 0.3) is 0 Å². The van der Waals surface area contributed by atoms with E-state index < -0.39 is 0 Å². The predicted molar refractivity (Wildman–Crippen MR) is 44.6 cm³/mol. The molecule has 0 aromatic heterocycles. The van der Waals surface area contributed by atoms with Gasteiger partial charge in [0.05, 0.1) is 6.04 Å². The third-order valence-corrected chi connectivity index (χ3v) is 1.70. The first-order valence-electron chi connectivity index (χ1n) is 3.95. The Morgan fingerprint density at radius 3 is 2.64 bits per heavy atom. The van der Waals surface area contributed by atoms with E-state index in [1.807, 2.05) is 6.92 Å². The first-order chi connectivity index (χ1) is 5.26. The lowest BCUT2D eigenvalue weighted by Crippen LogP contribution is -2.34. The maximum atomic E-state index is 11.1. The first-order valence-corrected chi connectivity index (χ1v) is 3.95. The zero-order valence-electron chi connectivity index (χ0n) is 7.52. The highest BCUT2D eigenvalue weighted by Gasteiger charge is 2.12. The summed E-state index contributed by atoms with van der Waals surface area (Å²) in [5.41, 5.74) is 0. The lowest BCUT2D eigenvalue weighted by Gasteiger charge is -2.12. The number of ether oxygens (including phenoxy) is 1. The van der Waals surface area contributed by atoms with Gasteiger partial charge in [-0.05, 0) is 13.5 Å². The number of hydrogen-bond acceptors (Lipinski definition) is 3. The molecular weight excluding hydrogens is 142 g/mol. The van der Waals surface area contributed by atoms with Crippen LogP contribution in [0, 0.1) is 0 Å². The highest BCUT2D eigenvalue weighted by Crippen LogP contribution is 1.96. The van der Waals surface area contributed by atoms with Crippen molar-refractivity contribution in [1.29, 1.82) is 0 Å². The number of ketones is 1. The van der Waals surface area contributed by atoms with E-state index in [0.717, 1.165) is 6.42 Å². The van der Waals surface area contributed by atoms with Crippen molar-refractivity contribution < 1.29 is 9.53 Å². The standard InChI is InChI=1S/C8H17NO2/c1-4-8(10)7(9-2)5-6-11-3/h7,9H,4-6H2,1-3H3/t7-/m0/s1. The fourth-order valence-electron chi connectivity index (χ4n) is 0.948. The maximum Gasteiger partial charge on any atom is 0.149 e. The van der Waals surface area contributed by atoms with Gasteiger partial charge >= 0.3 is 0 Å². The predicted octanol–water partition coefficient (Wildman–Crippen LogP) is 0.590. The van der Waals surface area contributed by atoms with E-state index in [4.69, 9.17) is 4.74 Å². The minimum Gasteiger partial charge on any atom is -0.385 e. The van der Waals surface area contributed by atoms with Gasteiger partial charge in [0.15, 0.2) is 0 Å². The average molecular weight is 159 g/mol. The van der Waals surface area contributed by atoms with Gasteiger partial charge in [0.2, 0.25) is 0 Å². The van der Waals surface area contributed by atoms with E-state index in [9.17, 15) is 4.79 Å². The molecule has 0 aliphatic heterocycles. The van der Waals surface area contributed by atoms with Crippen LogP contribution in [0.3, 0.4) is 0 Å². The number of methoxy groups -OCH3 is 1. The summed E-state index contributed by atoms with van der Waals surface area (Å²) < 4.78 is 4.88. The summed E-state index contributed by atoms with van der Waals surface area (Å²) in [5.74, 6) is 0.254. The van der Waals surface area contributed by atoms with Crippen LogP contribution < -0.4 is 5.32 Å². The Morgan fingerprint density at radius 2 is 2.27 bits per heavy atom. The van der Waals surface area contributed by atoms with Crippen LogP contribution in [0.4, 0.5) is 0 Å².